The minimum atomic E-state index is -0.303. The van der Waals surface area contributed by atoms with Gasteiger partial charge in [-0.25, -0.2) is 0 Å². The number of hydrogen-bond donors (Lipinski definition) is 0. The van der Waals surface area contributed by atoms with Gasteiger partial charge in [0.2, 0.25) is 0 Å². The zero-order chi connectivity index (χ0) is 12.1. The molecule has 1 aromatic rings. The Morgan fingerprint density at radius 3 is 2.62 bits per heavy atom. The van der Waals surface area contributed by atoms with Crippen molar-refractivity contribution in [2.75, 3.05) is 14.2 Å². The van der Waals surface area contributed by atoms with Gasteiger partial charge in [0.15, 0.2) is 0 Å². The summed E-state index contributed by atoms with van der Waals surface area (Å²) >= 11 is 9.28. The van der Waals surface area contributed by atoms with Crippen LogP contribution in [0.4, 0.5) is 0 Å². The largest absolute Gasteiger partial charge is 0.496 e. The second kappa shape index (κ2) is 6.11. The van der Waals surface area contributed by atoms with Gasteiger partial charge < -0.3 is 9.47 Å². The Hall–Kier alpha value is -0.740. The van der Waals surface area contributed by atoms with Gasteiger partial charge in [0.05, 0.1) is 20.6 Å². The first-order chi connectivity index (χ1) is 7.62. The maximum Gasteiger partial charge on any atom is 0.310 e. The van der Waals surface area contributed by atoms with Crippen LogP contribution in [0.1, 0.15) is 11.1 Å². The van der Waals surface area contributed by atoms with Gasteiger partial charge in [0, 0.05) is 15.9 Å². The Bertz CT molecular complexity index is 368. The lowest BCUT2D eigenvalue weighted by molar-refractivity contribution is -0.139. The summed E-state index contributed by atoms with van der Waals surface area (Å²) in [5.74, 6) is 0.301. The molecule has 0 saturated carbocycles. The molecule has 0 unspecified atom stereocenters. The highest BCUT2D eigenvalue weighted by Gasteiger charge is 2.14. The van der Waals surface area contributed by atoms with Crippen LogP contribution in [0.3, 0.4) is 0 Å². The van der Waals surface area contributed by atoms with E-state index in [1.807, 2.05) is 0 Å². The van der Waals surface area contributed by atoms with Crippen molar-refractivity contribution in [2.24, 2.45) is 0 Å². The van der Waals surface area contributed by atoms with Crippen LogP contribution in [0.5, 0.6) is 5.75 Å². The molecule has 88 valence electrons. The molecule has 16 heavy (non-hydrogen) atoms. The Labute approximate surface area is 108 Å². The van der Waals surface area contributed by atoms with Crippen molar-refractivity contribution in [1.82, 2.24) is 0 Å². The van der Waals surface area contributed by atoms with Crippen molar-refractivity contribution >= 4 is 33.5 Å². The average Bonchev–Trinajstić information content (AvgIpc) is 2.30. The standard InChI is InChI=1S/C11H12BrClO3/c1-15-10-4-8(13)3-7(6-12)9(10)5-11(14)16-2/h3-4H,5-6H2,1-2H3. The molecule has 0 aliphatic carbocycles. The zero-order valence-corrected chi connectivity index (χ0v) is 11.4. The Balaban J connectivity index is 3.16. The maximum absolute atomic E-state index is 11.3. The fraction of sp³-hybridized carbons (Fsp3) is 0.364. The second-order valence-electron chi connectivity index (χ2n) is 3.13. The van der Waals surface area contributed by atoms with E-state index < -0.39 is 0 Å². The Morgan fingerprint density at radius 1 is 1.44 bits per heavy atom. The number of ether oxygens (including phenoxy) is 2. The van der Waals surface area contributed by atoms with Gasteiger partial charge in [0.25, 0.3) is 0 Å². The summed E-state index contributed by atoms with van der Waals surface area (Å²) in [6.07, 6.45) is 0.178. The van der Waals surface area contributed by atoms with Crippen LogP contribution in [-0.4, -0.2) is 20.2 Å². The molecule has 1 rings (SSSR count). The molecule has 0 aliphatic heterocycles. The van der Waals surface area contributed by atoms with E-state index in [9.17, 15) is 4.79 Å². The van der Waals surface area contributed by atoms with Gasteiger partial charge in [0.1, 0.15) is 5.75 Å². The third-order valence-electron chi connectivity index (χ3n) is 2.18. The third kappa shape index (κ3) is 3.12. The number of alkyl halides is 1. The van der Waals surface area contributed by atoms with Crippen LogP contribution in [0, 0.1) is 0 Å². The van der Waals surface area contributed by atoms with Crippen molar-refractivity contribution in [3.63, 3.8) is 0 Å². The van der Waals surface area contributed by atoms with Crippen LogP contribution < -0.4 is 4.74 Å². The minimum absolute atomic E-state index is 0.178. The monoisotopic (exact) mass is 306 g/mol. The van der Waals surface area contributed by atoms with Gasteiger partial charge in [-0.1, -0.05) is 27.5 Å². The van der Waals surface area contributed by atoms with E-state index in [-0.39, 0.29) is 12.4 Å². The lowest BCUT2D eigenvalue weighted by Gasteiger charge is -2.12. The van der Waals surface area contributed by atoms with Crippen LogP contribution in [0.2, 0.25) is 5.02 Å². The van der Waals surface area contributed by atoms with Crippen molar-refractivity contribution in [1.29, 1.82) is 0 Å². The topological polar surface area (TPSA) is 35.5 Å². The number of esters is 1. The molecular weight excluding hydrogens is 295 g/mol. The molecule has 0 bridgehead atoms. The first-order valence-electron chi connectivity index (χ1n) is 4.60. The molecule has 1 aromatic carbocycles. The average molecular weight is 308 g/mol. The van der Waals surface area contributed by atoms with Gasteiger partial charge in [-0.2, -0.15) is 0 Å². The van der Waals surface area contributed by atoms with Crippen LogP contribution in [0.15, 0.2) is 12.1 Å². The van der Waals surface area contributed by atoms with Crippen molar-refractivity contribution < 1.29 is 14.3 Å². The number of carbonyl (C=O) groups is 1. The molecule has 0 saturated heterocycles. The molecule has 3 nitrogen and oxygen atoms in total. The predicted molar refractivity (Wildman–Crippen MR) is 66.4 cm³/mol. The number of carbonyl (C=O) groups excluding carboxylic acids is 1. The molecule has 0 radical (unpaired) electrons. The first kappa shape index (κ1) is 13.3. The van der Waals surface area contributed by atoms with Crippen molar-refractivity contribution in [3.05, 3.63) is 28.3 Å². The summed E-state index contributed by atoms with van der Waals surface area (Å²) in [5.41, 5.74) is 1.73. The molecule has 0 aliphatic rings. The molecule has 0 atom stereocenters. The molecule has 5 heteroatoms. The van der Waals surface area contributed by atoms with Crippen LogP contribution >= 0.6 is 27.5 Å². The van der Waals surface area contributed by atoms with Crippen LogP contribution in [-0.2, 0) is 21.3 Å². The lowest BCUT2D eigenvalue weighted by Crippen LogP contribution is -2.08. The quantitative estimate of drug-likeness (QED) is 0.634. The SMILES string of the molecule is COC(=O)Cc1c(CBr)cc(Cl)cc1OC. The smallest absolute Gasteiger partial charge is 0.310 e. The second-order valence-corrected chi connectivity index (χ2v) is 4.13. The molecule has 0 N–H and O–H groups in total. The lowest BCUT2D eigenvalue weighted by atomic mass is 10.0. The maximum atomic E-state index is 11.3. The highest BCUT2D eigenvalue weighted by atomic mass is 79.9. The predicted octanol–water partition coefficient (Wildman–Crippen LogP) is 2.96. The minimum Gasteiger partial charge on any atom is -0.496 e. The van der Waals surface area contributed by atoms with Crippen molar-refractivity contribution in [2.45, 2.75) is 11.8 Å². The number of hydrogen-bond acceptors (Lipinski definition) is 3. The fourth-order valence-corrected chi connectivity index (χ4v) is 2.12. The van der Waals surface area contributed by atoms with E-state index in [1.165, 1.54) is 7.11 Å². The van der Waals surface area contributed by atoms with E-state index in [2.05, 4.69) is 20.7 Å². The molecule has 0 amide bonds. The summed E-state index contributed by atoms with van der Waals surface area (Å²) in [5, 5.41) is 1.19. The van der Waals surface area contributed by atoms with E-state index in [1.54, 1.807) is 19.2 Å². The number of methoxy groups -OCH3 is 2. The Kier molecular flexibility index (Phi) is 5.09. The number of benzene rings is 1. The zero-order valence-electron chi connectivity index (χ0n) is 9.05. The molecular formula is C11H12BrClO3. The molecule has 0 heterocycles. The number of rotatable bonds is 4. The summed E-state index contributed by atoms with van der Waals surface area (Å²) in [7, 11) is 2.91. The Morgan fingerprint density at radius 2 is 2.12 bits per heavy atom. The summed E-state index contributed by atoms with van der Waals surface area (Å²) < 4.78 is 9.84. The van der Waals surface area contributed by atoms with Gasteiger partial charge >= 0.3 is 5.97 Å². The third-order valence-corrected chi connectivity index (χ3v) is 3.00. The van der Waals surface area contributed by atoms with E-state index in [4.69, 9.17) is 16.3 Å². The fourth-order valence-electron chi connectivity index (χ4n) is 1.38. The van der Waals surface area contributed by atoms with E-state index >= 15 is 0 Å². The summed E-state index contributed by atoms with van der Waals surface area (Å²) in [6, 6.07) is 3.49. The highest BCUT2D eigenvalue weighted by molar-refractivity contribution is 9.08. The van der Waals surface area contributed by atoms with Crippen molar-refractivity contribution in [3.8, 4) is 5.75 Å². The molecule has 0 aromatic heterocycles. The molecule has 0 fully saturated rings. The normalized spacial score (nSPS) is 10.0. The van der Waals surface area contributed by atoms with E-state index in [0.717, 1.165) is 11.1 Å². The first-order valence-corrected chi connectivity index (χ1v) is 6.10. The van der Waals surface area contributed by atoms with Gasteiger partial charge in [-0.3, -0.25) is 4.79 Å². The van der Waals surface area contributed by atoms with E-state index in [0.29, 0.717) is 16.1 Å². The highest BCUT2D eigenvalue weighted by Crippen LogP contribution is 2.29. The molecule has 0 spiro atoms. The van der Waals surface area contributed by atoms with Crippen LogP contribution in [0.25, 0.3) is 0 Å². The summed E-state index contributed by atoms with van der Waals surface area (Å²) in [4.78, 5) is 11.3. The number of halogens is 2. The van der Waals surface area contributed by atoms with Gasteiger partial charge in [-0.15, -0.1) is 0 Å². The van der Waals surface area contributed by atoms with Gasteiger partial charge in [-0.05, 0) is 17.7 Å². The summed E-state index contributed by atoms with van der Waals surface area (Å²) in [6.45, 7) is 0.